The number of pyridine rings is 1. The van der Waals surface area contributed by atoms with E-state index >= 15 is 0 Å². The van der Waals surface area contributed by atoms with Crippen LogP contribution >= 0.6 is 0 Å². The third-order valence-corrected chi connectivity index (χ3v) is 2.85. The molecule has 0 aliphatic heterocycles. The van der Waals surface area contributed by atoms with Gasteiger partial charge < -0.3 is 15.2 Å². The van der Waals surface area contributed by atoms with Gasteiger partial charge in [0.2, 0.25) is 0 Å². The molecule has 1 unspecified atom stereocenters. The zero-order valence-electron chi connectivity index (χ0n) is 11.7. The Morgan fingerprint density at radius 1 is 1.47 bits per heavy atom. The van der Waals surface area contributed by atoms with Gasteiger partial charge in [-0.2, -0.15) is 0 Å². The number of rotatable bonds is 7. The van der Waals surface area contributed by atoms with E-state index < -0.39 is 0 Å². The molecule has 0 saturated carbocycles. The summed E-state index contributed by atoms with van der Waals surface area (Å²) >= 11 is 0. The minimum atomic E-state index is -0.364. The van der Waals surface area contributed by atoms with Crippen LogP contribution in [0.2, 0.25) is 0 Å². The third-order valence-electron chi connectivity index (χ3n) is 2.85. The number of aromatic nitrogens is 1. The summed E-state index contributed by atoms with van der Waals surface area (Å²) in [4.78, 5) is 15.7. The van der Waals surface area contributed by atoms with Crippen LogP contribution in [0, 0.1) is 5.92 Å². The Hall–Kier alpha value is -1.62. The lowest BCUT2D eigenvalue weighted by Gasteiger charge is -2.22. The molecule has 106 valence electrons. The molecule has 0 amide bonds. The van der Waals surface area contributed by atoms with Crippen molar-refractivity contribution >= 4 is 11.8 Å². The molecule has 0 aromatic carbocycles. The zero-order valence-corrected chi connectivity index (χ0v) is 11.7. The van der Waals surface area contributed by atoms with E-state index in [2.05, 4.69) is 24.1 Å². The van der Waals surface area contributed by atoms with Crippen LogP contribution in [0.25, 0.3) is 0 Å². The van der Waals surface area contributed by atoms with Gasteiger partial charge in [-0.25, -0.2) is 9.78 Å². The van der Waals surface area contributed by atoms with E-state index in [0.717, 1.165) is 0 Å². The molecule has 0 fully saturated rings. The van der Waals surface area contributed by atoms with E-state index in [9.17, 15) is 4.79 Å². The molecule has 0 radical (unpaired) electrons. The molecule has 5 nitrogen and oxygen atoms in total. The maximum Gasteiger partial charge on any atom is 0.339 e. The molecular formula is C14H22N2O3. The van der Waals surface area contributed by atoms with Gasteiger partial charge in [0.25, 0.3) is 0 Å². The number of aliphatic hydroxyl groups is 1. The van der Waals surface area contributed by atoms with E-state index in [1.54, 1.807) is 19.1 Å². The SMILES string of the molecule is CCOC(=O)c1ccc(NC(CCO)C(C)C)nc1. The molecule has 1 aromatic heterocycles. The first-order valence-corrected chi connectivity index (χ1v) is 6.59. The minimum absolute atomic E-state index is 0.136. The van der Waals surface area contributed by atoms with Gasteiger partial charge in [0.15, 0.2) is 0 Å². The molecule has 0 aliphatic carbocycles. The summed E-state index contributed by atoms with van der Waals surface area (Å²) in [7, 11) is 0. The highest BCUT2D eigenvalue weighted by Crippen LogP contribution is 2.14. The third kappa shape index (κ3) is 4.87. The first-order chi connectivity index (χ1) is 9.08. The van der Waals surface area contributed by atoms with E-state index in [0.29, 0.717) is 30.3 Å². The van der Waals surface area contributed by atoms with E-state index in [-0.39, 0.29) is 18.6 Å². The molecule has 2 N–H and O–H groups in total. The molecule has 0 saturated heterocycles. The molecule has 1 atom stereocenters. The first kappa shape index (κ1) is 15.4. The molecule has 5 heteroatoms. The van der Waals surface area contributed by atoms with Crippen molar-refractivity contribution in [3.05, 3.63) is 23.9 Å². The monoisotopic (exact) mass is 266 g/mol. The number of carbonyl (C=O) groups excluding carboxylic acids is 1. The van der Waals surface area contributed by atoms with E-state index in [1.807, 2.05) is 0 Å². The predicted molar refractivity (Wildman–Crippen MR) is 74.1 cm³/mol. The highest BCUT2D eigenvalue weighted by molar-refractivity contribution is 5.89. The maximum absolute atomic E-state index is 11.5. The Balaban J connectivity index is 2.67. The van der Waals surface area contributed by atoms with Crippen molar-refractivity contribution in [3.63, 3.8) is 0 Å². The highest BCUT2D eigenvalue weighted by Gasteiger charge is 2.13. The molecule has 1 aromatic rings. The Kier molecular flexibility index (Phi) is 6.29. The topological polar surface area (TPSA) is 71.5 Å². The van der Waals surface area contributed by atoms with Crippen LogP contribution in [-0.4, -0.2) is 35.3 Å². The summed E-state index contributed by atoms with van der Waals surface area (Å²) in [6.07, 6.45) is 2.16. The fourth-order valence-electron chi connectivity index (χ4n) is 1.72. The van der Waals surface area contributed by atoms with Gasteiger partial charge in [0.05, 0.1) is 12.2 Å². The average molecular weight is 266 g/mol. The Morgan fingerprint density at radius 2 is 2.21 bits per heavy atom. The second kappa shape index (κ2) is 7.74. The molecule has 0 bridgehead atoms. The molecule has 1 heterocycles. The zero-order chi connectivity index (χ0) is 14.3. The fraction of sp³-hybridized carbons (Fsp3) is 0.571. The number of nitrogens with one attached hydrogen (secondary N) is 1. The van der Waals surface area contributed by atoms with Crippen LogP contribution in [0.5, 0.6) is 0 Å². The molecule has 0 aliphatic rings. The average Bonchev–Trinajstić information content (AvgIpc) is 2.39. The predicted octanol–water partition coefficient (Wildman–Crippen LogP) is 2.08. The van der Waals surface area contributed by atoms with Gasteiger partial charge in [-0.3, -0.25) is 0 Å². The second-order valence-corrected chi connectivity index (χ2v) is 4.66. The van der Waals surface area contributed by atoms with Gasteiger partial charge in [-0.05, 0) is 31.4 Å². The van der Waals surface area contributed by atoms with Gasteiger partial charge in [-0.15, -0.1) is 0 Å². The number of hydrogen-bond acceptors (Lipinski definition) is 5. The number of esters is 1. The van der Waals surface area contributed by atoms with Crippen molar-refractivity contribution in [2.45, 2.75) is 33.2 Å². The van der Waals surface area contributed by atoms with Gasteiger partial charge >= 0.3 is 5.97 Å². The Labute approximate surface area is 114 Å². The van der Waals surface area contributed by atoms with E-state index in [4.69, 9.17) is 9.84 Å². The largest absolute Gasteiger partial charge is 0.462 e. The lowest BCUT2D eigenvalue weighted by molar-refractivity contribution is 0.0526. The number of hydrogen-bond donors (Lipinski definition) is 2. The first-order valence-electron chi connectivity index (χ1n) is 6.59. The molecule has 0 spiro atoms. The summed E-state index contributed by atoms with van der Waals surface area (Å²) in [6, 6.07) is 3.59. The fourth-order valence-corrected chi connectivity index (χ4v) is 1.72. The van der Waals surface area contributed by atoms with Crippen molar-refractivity contribution in [1.29, 1.82) is 0 Å². The smallest absolute Gasteiger partial charge is 0.339 e. The summed E-state index contributed by atoms with van der Waals surface area (Å²) in [5, 5.41) is 12.3. The van der Waals surface area contributed by atoms with Gasteiger partial charge in [0, 0.05) is 18.8 Å². The van der Waals surface area contributed by atoms with E-state index in [1.165, 1.54) is 6.20 Å². The highest BCUT2D eigenvalue weighted by atomic mass is 16.5. The summed E-state index contributed by atoms with van der Waals surface area (Å²) in [5.74, 6) is 0.719. The van der Waals surface area contributed by atoms with Crippen LogP contribution in [0.3, 0.4) is 0 Å². The van der Waals surface area contributed by atoms with Crippen LogP contribution in [0.15, 0.2) is 18.3 Å². The Bertz CT molecular complexity index is 390. The van der Waals surface area contributed by atoms with Crippen LogP contribution in [-0.2, 0) is 4.74 Å². The van der Waals surface area contributed by atoms with Crippen LogP contribution < -0.4 is 5.32 Å². The van der Waals surface area contributed by atoms with Crippen molar-refractivity contribution in [2.24, 2.45) is 5.92 Å². The normalized spacial score (nSPS) is 12.3. The van der Waals surface area contributed by atoms with Gasteiger partial charge in [-0.1, -0.05) is 13.8 Å². The number of carbonyl (C=O) groups is 1. The maximum atomic E-state index is 11.5. The molecule has 1 rings (SSSR count). The minimum Gasteiger partial charge on any atom is -0.462 e. The van der Waals surface area contributed by atoms with Crippen molar-refractivity contribution in [3.8, 4) is 0 Å². The molecule has 19 heavy (non-hydrogen) atoms. The number of aliphatic hydroxyl groups excluding tert-OH is 1. The van der Waals surface area contributed by atoms with Crippen molar-refractivity contribution in [1.82, 2.24) is 4.98 Å². The number of anilines is 1. The summed E-state index contributed by atoms with van der Waals surface area (Å²) in [5.41, 5.74) is 0.440. The lowest BCUT2D eigenvalue weighted by Crippen LogP contribution is -2.27. The van der Waals surface area contributed by atoms with Crippen molar-refractivity contribution in [2.75, 3.05) is 18.5 Å². The standard InChI is InChI=1S/C14H22N2O3/c1-4-19-14(18)11-5-6-13(15-9-11)16-12(7-8-17)10(2)3/h5-6,9-10,12,17H,4,7-8H2,1-3H3,(H,15,16). The lowest BCUT2D eigenvalue weighted by atomic mass is 10.0. The quantitative estimate of drug-likeness (QED) is 0.739. The van der Waals surface area contributed by atoms with Crippen LogP contribution in [0.4, 0.5) is 5.82 Å². The second-order valence-electron chi connectivity index (χ2n) is 4.66. The summed E-state index contributed by atoms with van der Waals surface area (Å²) in [6.45, 7) is 6.42. The Morgan fingerprint density at radius 3 is 2.68 bits per heavy atom. The molecular weight excluding hydrogens is 244 g/mol. The number of ether oxygens (including phenoxy) is 1. The van der Waals surface area contributed by atoms with Crippen molar-refractivity contribution < 1.29 is 14.6 Å². The summed E-state index contributed by atoms with van der Waals surface area (Å²) < 4.78 is 4.89. The number of nitrogens with zero attached hydrogens (tertiary/aromatic N) is 1. The van der Waals surface area contributed by atoms with Crippen LogP contribution in [0.1, 0.15) is 37.6 Å². The van der Waals surface area contributed by atoms with Gasteiger partial charge in [0.1, 0.15) is 5.82 Å².